The van der Waals surface area contributed by atoms with Gasteiger partial charge in [-0.15, -0.1) is 0 Å². The van der Waals surface area contributed by atoms with Crippen LogP contribution >= 0.6 is 23.2 Å². The average Bonchev–Trinajstić information content (AvgIpc) is 2.55. The summed E-state index contributed by atoms with van der Waals surface area (Å²) in [5.74, 6) is 0.0358. The standard InChI is InChI=1S/C15H16Cl2N4O2/c1-23-8-2-6-18-15-19-7-5-13(21-15)14(22)20-10-3-4-11(16)12(17)9-10/h3-5,7,9H,2,6,8H2,1H3,(H,20,22)(H,18,19,21). The molecule has 0 bridgehead atoms. The van der Waals surface area contributed by atoms with Gasteiger partial charge in [0, 0.05) is 32.1 Å². The lowest BCUT2D eigenvalue weighted by Gasteiger charge is -2.08. The van der Waals surface area contributed by atoms with E-state index in [-0.39, 0.29) is 11.6 Å². The van der Waals surface area contributed by atoms with Crippen molar-refractivity contribution >= 4 is 40.7 Å². The van der Waals surface area contributed by atoms with Gasteiger partial charge in [0.1, 0.15) is 5.69 Å². The fraction of sp³-hybridized carbons (Fsp3) is 0.267. The molecule has 1 amide bonds. The van der Waals surface area contributed by atoms with Gasteiger partial charge in [0.05, 0.1) is 10.0 Å². The van der Waals surface area contributed by atoms with Crippen LogP contribution in [0.5, 0.6) is 0 Å². The maximum Gasteiger partial charge on any atom is 0.274 e. The van der Waals surface area contributed by atoms with Crippen LogP contribution in [0.1, 0.15) is 16.9 Å². The topological polar surface area (TPSA) is 76.1 Å². The molecule has 2 aromatic rings. The minimum atomic E-state index is -0.356. The van der Waals surface area contributed by atoms with Crippen LogP contribution in [0, 0.1) is 0 Å². The summed E-state index contributed by atoms with van der Waals surface area (Å²) in [7, 11) is 1.64. The zero-order valence-electron chi connectivity index (χ0n) is 12.5. The molecule has 0 radical (unpaired) electrons. The molecule has 0 saturated carbocycles. The van der Waals surface area contributed by atoms with Crippen molar-refractivity contribution in [3.05, 3.63) is 46.2 Å². The van der Waals surface area contributed by atoms with E-state index in [2.05, 4.69) is 20.6 Å². The van der Waals surface area contributed by atoms with Crippen molar-refractivity contribution in [1.82, 2.24) is 9.97 Å². The number of methoxy groups -OCH3 is 1. The van der Waals surface area contributed by atoms with Gasteiger partial charge in [0.2, 0.25) is 5.95 Å². The Hall–Kier alpha value is -1.89. The summed E-state index contributed by atoms with van der Waals surface area (Å²) in [6, 6.07) is 6.39. The first-order valence-corrected chi connectivity index (χ1v) is 7.68. The number of nitrogens with one attached hydrogen (secondary N) is 2. The Morgan fingerprint density at radius 1 is 1.26 bits per heavy atom. The number of carbonyl (C=O) groups is 1. The number of halogens is 2. The maximum atomic E-state index is 12.2. The molecule has 6 nitrogen and oxygen atoms in total. The molecule has 0 fully saturated rings. The van der Waals surface area contributed by atoms with Gasteiger partial charge in [-0.25, -0.2) is 9.97 Å². The molecule has 8 heteroatoms. The van der Waals surface area contributed by atoms with Crippen molar-refractivity contribution in [1.29, 1.82) is 0 Å². The van der Waals surface area contributed by atoms with E-state index in [0.29, 0.717) is 34.8 Å². The van der Waals surface area contributed by atoms with Gasteiger partial charge in [-0.1, -0.05) is 23.2 Å². The summed E-state index contributed by atoms with van der Waals surface area (Å²) in [5.41, 5.74) is 0.790. The molecular weight excluding hydrogens is 339 g/mol. The third kappa shape index (κ3) is 5.35. The SMILES string of the molecule is COCCCNc1nccc(C(=O)Nc2ccc(Cl)c(Cl)c2)n1. The van der Waals surface area contributed by atoms with Gasteiger partial charge in [0.15, 0.2) is 0 Å². The summed E-state index contributed by atoms with van der Waals surface area (Å²) < 4.78 is 4.96. The lowest BCUT2D eigenvalue weighted by Crippen LogP contribution is -2.16. The van der Waals surface area contributed by atoms with E-state index in [1.807, 2.05) is 0 Å². The molecule has 0 atom stereocenters. The number of anilines is 2. The van der Waals surface area contributed by atoms with Crippen molar-refractivity contribution < 1.29 is 9.53 Å². The molecule has 0 aliphatic carbocycles. The van der Waals surface area contributed by atoms with Gasteiger partial charge >= 0.3 is 0 Å². The van der Waals surface area contributed by atoms with E-state index < -0.39 is 0 Å². The molecule has 0 unspecified atom stereocenters. The Morgan fingerprint density at radius 2 is 2.09 bits per heavy atom. The highest BCUT2D eigenvalue weighted by atomic mass is 35.5. The van der Waals surface area contributed by atoms with Crippen LogP contribution in [0.2, 0.25) is 10.0 Å². The number of amides is 1. The van der Waals surface area contributed by atoms with Crippen LogP contribution < -0.4 is 10.6 Å². The highest BCUT2D eigenvalue weighted by molar-refractivity contribution is 6.42. The second-order valence-electron chi connectivity index (χ2n) is 4.62. The third-order valence-electron chi connectivity index (χ3n) is 2.87. The van der Waals surface area contributed by atoms with Crippen LogP contribution in [0.25, 0.3) is 0 Å². The number of nitrogens with zero attached hydrogens (tertiary/aromatic N) is 2. The molecule has 0 saturated heterocycles. The predicted octanol–water partition coefficient (Wildman–Crippen LogP) is 3.48. The Kier molecular flexibility index (Phi) is 6.58. The van der Waals surface area contributed by atoms with Gasteiger partial charge in [-0.05, 0) is 30.7 Å². The number of rotatable bonds is 7. The Morgan fingerprint density at radius 3 is 2.83 bits per heavy atom. The van der Waals surface area contributed by atoms with Gasteiger partial charge in [-0.2, -0.15) is 0 Å². The first-order valence-electron chi connectivity index (χ1n) is 6.92. The van der Waals surface area contributed by atoms with Gasteiger partial charge in [0.25, 0.3) is 5.91 Å². The Labute approximate surface area is 144 Å². The molecule has 1 heterocycles. The van der Waals surface area contributed by atoms with Crippen LogP contribution in [-0.4, -0.2) is 36.1 Å². The van der Waals surface area contributed by atoms with E-state index in [9.17, 15) is 4.79 Å². The summed E-state index contributed by atoms with van der Waals surface area (Å²) in [6.45, 7) is 1.30. The van der Waals surface area contributed by atoms with Gasteiger partial charge in [-0.3, -0.25) is 4.79 Å². The molecule has 0 aliphatic heterocycles. The number of aromatic nitrogens is 2. The van der Waals surface area contributed by atoms with Crippen LogP contribution in [0.15, 0.2) is 30.5 Å². The van der Waals surface area contributed by atoms with Crippen molar-refractivity contribution in [2.45, 2.75) is 6.42 Å². The normalized spacial score (nSPS) is 10.4. The summed E-state index contributed by atoms with van der Waals surface area (Å²) in [6.07, 6.45) is 2.34. The van der Waals surface area contributed by atoms with E-state index >= 15 is 0 Å². The second-order valence-corrected chi connectivity index (χ2v) is 5.44. The molecule has 2 N–H and O–H groups in total. The molecule has 122 valence electrons. The molecular formula is C15H16Cl2N4O2. The highest BCUT2D eigenvalue weighted by Crippen LogP contribution is 2.25. The first-order chi connectivity index (χ1) is 11.1. The Bertz CT molecular complexity index is 682. The summed E-state index contributed by atoms with van der Waals surface area (Å²) >= 11 is 11.8. The lowest BCUT2D eigenvalue weighted by molar-refractivity contribution is 0.102. The molecule has 23 heavy (non-hydrogen) atoms. The summed E-state index contributed by atoms with van der Waals surface area (Å²) in [5, 5.41) is 6.54. The smallest absolute Gasteiger partial charge is 0.274 e. The van der Waals surface area contributed by atoms with Gasteiger partial charge < -0.3 is 15.4 Å². The summed E-state index contributed by atoms with van der Waals surface area (Å²) in [4.78, 5) is 20.5. The molecule has 1 aromatic carbocycles. The number of carbonyl (C=O) groups excluding carboxylic acids is 1. The van der Waals surface area contributed by atoms with Crippen LogP contribution in [0.4, 0.5) is 11.6 Å². The monoisotopic (exact) mass is 354 g/mol. The fourth-order valence-corrected chi connectivity index (χ4v) is 2.05. The molecule has 2 rings (SSSR count). The highest BCUT2D eigenvalue weighted by Gasteiger charge is 2.10. The minimum Gasteiger partial charge on any atom is -0.385 e. The number of hydrogen-bond acceptors (Lipinski definition) is 5. The number of benzene rings is 1. The van der Waals surface area contributed by atoms with E-state index in [1.54, 1.807) is 25.3 Å². The zero-order chi connectivity index (χ0) is 16.7. The number of hydrogen-bond donors (Lipinski definition) is 2. The van der Waals surface area contributed by atoms with Crippen molar-refractivity contribution in [2.75, 3.05) is 30.9 Å². The van der Waals surface area contributed by atoms with E-state index in [0.717, 1.165) is 6.42 Å². The fourth-order valence-electron chi connectivity index (χ4n) is 1.76. The molecule has 0 spiro atoms. The van der Waals surface area contributed by atoms with E-state index in [1.165, 1.54) is 12.3 Å². The second kappa shape index (κ2) is 8.67. The van der Waals surface area contributed by atoms with Crippen LogP contribution in [0.3, 0.4) is 0 Å². The average molecular weight is 355 g/mol. The molecule has 0 aliphatic rings. The number of ether oxygens (including phenoxy) is 1. The van der Waals surface area contributed by atoms with Crippen molar-refractivity contribution in [3.63, 3.8) is 0 Å². The quantitative estimate of drug-likeness (QED) is 0.744. The lowest BCUT2D eigenvalue weighted by atomic mass is 10.3. The minimum absolute atomic E-state index is 0.250. The van der Waals surface area contributed by atoms with Crippen LogP contribution in [-0.2, 0) is 4.74 Å². The Balaban J connectivity index is 2.00. The van der Waals surface area contributed by atoms with Crippen molar-refractivity contribution in [3.8, 4) is 0 Å². The first kappa shape index (κ1) is 17.5. The molecule has 1 aromatic heterocycles. The van der Waals surface area contributed by atoms with Crippen molar-refractivity contribution in [2.24, 2.45) is 0 Å². The van der Waals surface area contributed by atoms with E-state index in [4.69, 9.17) is 27.9 Å². The maximum absolute atomic E-state index is 12.2. The third-order valence-corrected chi connectivity index (χ3v) is 3.61. The predicted molar refractivity (Wildman–Crippen MR) is 91.4 cm³/mol. The largest absolute Gasteiger partial charge is 0.385 e. The zero-order valence-corrected chi connectivity index (χ0v) is 14.0.